The highest BCUT2D eigenvalue weighted by molar-refractivity contribution is 4.91. The fourth-order valence-corrected chi connectivity index (χ4v) is 3.81. The first kappa shape index (κ1) is 12.4. The maximum absolute atomic E-state index is 9.05. The van der Waals surface area contributed by atoms with Crippen molar-refractivity contribution in [1.82, 2.24) is 4.90 Å². The van der Waals surface area contributed by atoms with Crippen LogP contribution in [0.1, 0.15) is 46.0 Å². The van der Waals surface area contributed by atoms with E-state index in [1.165, 1.54) is 38.6 Å². The molecule has 2 aliphatic rings. The van der Waals surface area contributed by atoms with Crippen molar-refractivity contribution in [3.63, 3.8) is 0 Å². The van der Waals surface area contributed by atoms with Gasteiger partial charge in [0.2, 0.25) is 0 Å². The molecule has 0 radical (unpaired) electrons. The van der Waals surface area contributed by atoms with Gasteiger partial charge < -0.3 is 10.0 Å². The average Bonchev–Trinajstić information content (AvgIpc) is 2.58. The Kier molecular flexibility index (Phi) is 3.91. The number of nitrogens with zero attached hydrogens (tertiary/aromatic N) is 1. The molecule has 1 heterocycles. The van der Waals surface area contributed by atoms with Crippen LogP contribution >= 0.6 is 0 Å². The zero-order valence-electron chi connectivity index (χ0n) is 10.9. The highest BCUT2D eigenvalue weighted by atomic mass is 16.3. The SMILES string of the molecule is CC(C)CC1(CN2CC(CO)C2)CCCC1. The van der Waals surface area contributed by atoms with Crippen LogP contribution in [0.5, 0.6) is 0 Å². The molecule has 1 saturated heterocycles. The molecule has 2 fully saturated rings. The van der Waals surface area contributed by atoms with Crippen LogP contribution in [0.2, 0.25) is 0 Å². The van der Waals surface area contributed by atoms with Crippen molar-refractivity contribution in [2.24, 2.45) is 17.3 Å². The Hall–Kier alpha value is -0.0800. The molecule has 94 valence electrons. The number of hydrogen-bond acceptors (Lipinski definition) is 2. The summed E-state index contributed by atoms with van der Waals surface area (Å²) < 4.78 is 0. The molecule has 1 aliphatic heterocycles. The van der Waals surface area contributed by atoms with Crippen LogP contribution in [-0.4, -0.2) is 36.2 Å². The van der Waals surface area contributed by atoms with Crippen LogP contribution in [0.3, 0.4) is 0 Å². The maximum atomic E-state index is 9.05. The summed E-state index contributed by atoms with van der Waals surface area (Å²) >= 11 is 0. The molecule has 0 bridgehead atoms. The number of aliphatic hydroxyl groups excluding tert-OH is 1. The predicted molar refractivity (Wildman–Crippen MR) is 67.4 cm³/mol. The van der Waals surface area contributed by atoms with Gasteiger partial charge in [0.05, 0.1) is 0 Å². The quantitative estimate of drug-likeness (QED) is 0.777. The number of rotatable bonds is 5. The molecule has 0 aromatic carbocycles. The molecule has 0 atom stereocenters. The van der Waals surface area contributed by atoms with E-state index in [9.17, 15) is 0 Å². The van der Waals surface area contributed by atoms with Crippen molar-refractivity contribution in [1.29, 1.82) is 0 Å². The Morgan fingerprint density at radius 3 is 2.38 bits per heavy atom. The highest BCUT2D eigenvalue weighted by Gasteiger charge is 2.38. The van der Waals surface area contributed by atoms with E-state index >= 15 is 0 Å². The van der Waals surface area contributed by atoms with Crippen molar-refractivity contribution >= 4 is 0 Å². The monoisotopic (exact) mass is 225 g/mol. The Morgan fingerprint density at radius 2 is 1.88 bits per heavy atom. The molecule has 1 N–H and O–H groups in total. The molecule has 0 unspecified atom stereocenters. The molecule has 2 rings (SSSR count). The molecule has 0 amide bonds. The van der Waals surface area contributed by atoms with E-state index in [0.717, 1.165) is 19.0 Å². The van der Waals surface area contributed by atoms with E-state index in [-0.39, 0.29) is 0 Å². The normalized spacial score (nSPS) is 26.2. The lowest BCUT2D eigenvalue weighted by atomic mass is 9.77. The van der Waals surface area contributed by atoms with Gasteiger partial charge >= 0.3 is 0 Å². The maximum Gasteiger partial charge on any atom is 0.0483 e. The number of aliphatic hydroxyl groups is 1. The zero-order valence-corrected chi connectivity index (χ0v) is 10.9. The molecule has 0 aromatic heterocycles. The summed E-state index contributed by atoms with van der Waals surface area (Å²) in [7, 11) is 0. The van der Waals surface area contributed by atoms with Crippen LogP contribution in [-0.2, 0) is 0 Å². The lowest BCUT2D eigenvalue weighted by molar-refractivity contribution is 0.0129. The van der Waals surface area contributed by atoms with E-state index in [2.05, 4.69) is 18.7 Å². The second-order valence-corrected chi connectivity index (χ2v) is 6.55. The molecule has 2 heteroatoms. The van der Waals surface area contributed by atoms with E-state index in [1.54, 1.807) is 0 Å². The van der Waals surface area contributed by atoms with E-state index in [1.807, 2.05) is 0 Å². The van der Waals surface area contributed by atoms with Crippen molar-refractivity contribution in [3.8, 4) is 0 Å². The average molecular weight is 225 g/mol. The third-order valence-corrected chi connectivity index (χ3v) is 4.36. The van der Waals surface area contributed by atoms with Gasteiger partial charge in [-0.05, 0) is 30.6 Å². The molecule has 16 heavy (non-hydrogen) atoms. The van der Waals surface area contributed by atoms with Gasteiger partial charge in [-0.25, -0.2) is 0 Å². The van der Waals surface area contributed by atoms with Crippen LogP contribution in [0, 0.1) is 17.3 Å². The fraction of sp³-hybridized carbons (Fsp3) is 1.00. The smallest absolute Gasteiger partial charge is 0.0483 e. The summed E-state index contributed by atoms with van der Waals surface area (Å²) in [5, 5.41) is 9.05. The molecule has 1 aliphatic carbocycles. The van der Waals surface area contributed by atoms with Gasteiger partial charge in [-0.3, -0.25) is 0 Å². The van der Waals surface area contributed by atoms with Gasteiger partial charge in [-0.15, -0.1) is 0 Å². The predicted octanol–water partition coefficient (Wildman–Crippen LogP) is 2.52. The third-order valence-electron chi connectivity index (χ3n) is 4.36. The van der Waals surface area contributed by atoms with E-state index in [4.69, 9.17) is 5.11 Å². The first-order chi connectivity index (χ1) is 7.63. The molecule has 2 nitrogen and oxygen atoms in total. The van der Waals surface area contributed by atoms with Crippen LogP contribution in [0.4, 0.5) is 0 Å². The largest absolute Gasteiger partial charge is 0.396 e. The Morgan fingerprint density at radius 1 is 1.25 bits per heavy atom. The van der Waals surface area contributed by atoms with Crippen LogP contribution in [0.15, 0.2) is 0 Å². The number of hydrogen-bond donors (Lipinski definition) is 1. The van der Waals surface area contributed by atoms with Gasteiger partial charge in [0.25, 0.3) is 0 Å². The second-order valence-electron chi connectivity index (χ2n) is 6.55. The van der Waals surface area contributed by atoms with Crippen molar-refractivity contribution < 1.29 is 5.11 Å². The van der Waals surface area contributed by atoms with Gasteiger partial charge in [0, 0.05) is 32.2 Å². The Labute approximate surface area is 100 Å². The van der Waals surface area contributed by atoms with E-state index in [0.29, 0.717) is 17.9 Å². The standard InChI is InChI=1S/C14H27NO/c1-12(2)7-14(5-3-4-6-14)11-15-8-13(9-15)10-16/h12-13,16H,3-11H2,1-2H3. The first-order valence-electron chi connectivity index (χ1n) is 6.97. The van der Waals surface area contributed by atoms with E-state index < -0.39 is 0 Å². The molecule has 0 aromatic rings. The lowest BCUT2D eigenvalue weighted by Gasteiger charge is -2.44. The molecular weight excluding hydrogens is 198 g/mol. The molecule has 1 saturated carbocycles. The summed E-state index contributed by atoms with van der Waals surface area (Å²) in [5.74, 6) is 1.39. The van der Waals surface area contributed by atoms with Gasteiger partial charge in [0.15, 0.2) is 0 Å². The van der Waals surface area contributed by atoms with Gasteiger partial charge in [0.1, 0.15) is 0 Å². The van der Waals surface area contributed by atoms with Gasteiger partial charge in [-0.2, -0.15) is 0 Å². The van der Waals surface area contributed by atoms with Crippen LogP contribution < -0.4 is 0 Å². The minimum Gasteiger partial charge on any atom is -0.396 e. The summed E-state index contributed by atoms with van der Waals surface area (Å²) in [4.78, 5) is 2.56. The second kappa shape index (κ2) is 5.05. The first-order valence-corrected chi connectivity index (χ1v) is 6.97. The summed E-state index contributed by atoms with van der Waals surface area (Å²) in [6, 6.07) is 0. The Bertz CT molecular complexity index is 215. The van der Waals surface area contributed by atoms with Crippen molar-refractivity contribution in [2.45, 2.75) is 46.0 Å². The van der Waals surface area contributed by atoms with Crippen molar-refractivity contribution in [2.75, 3.05) is 26.2 Å². The van der Waals surface area contributed by atoms with Crippen LogP contribution in [0.25, 0.3) is 0 Å². The fourth-order valence-electron chi connectivity index (χ4n) is 3.81. The third kappa shape index (κ3) is 2.78. The van der Waals surface area contributed by atoms with Crippen molar-refractivity contribution in [3.05, 3.63) is 0 Å². The topological polar surface area (TPSA) is 23.5 Å². The molecular formula is C14H27NO. The molecule has 0 spiro atoms. The minimum absolute atomic E-state index is 0.383. The highest BCUT2D eigenvalue weighted by Crippen LogP contribution is 2.44. The number of likely N-dealkylation sites (tertiary alicyclic amines) is 1. The minimum atomic E-state index is 0.383. The summed E-state index contributed by atoms with van der Waals surface area (Å²) in [5.41, 5.74) is 0.620. The lowest BCUT2D eigenvalue weighted by Crippen LogP contribution is -2.52. The summed E-state index contributed by atoms with van der Waals surface area (Å²) in [6.45, 7) is 8.65. The Balaban J connectivity index is 1.84. The van der Waals surface area contributed by atoms with Gasteiger partial charge in [-0.1, -0.05) is 26.7 Å². The zero-order chi connectivity index (χ0) is 11.6. The summed E-state index contributed by atoms with van der Waals surface area (Å²) in [6.07, 6.45) is 7.14.